The quantitative estimate of drug-likeness (QED) is 0.416. The van der Waals surface area contributed by atoms with Crippen molar-refractivity contribution in [1.29, 1.82) is 0 Å². The Labute approximate surface area is 209 Å². The molecule has 3 aromatic rings. The fraction of sp³-hybridized carbons (Fsp3) is 0.480. The Kier molecular flexibility index (Phi) is 7.76. The molecule has 2 aromatic heterocycles. The molecule has 0 aliphatic carbocycles. The fourth-order valence-electron chi connectivity index (χ4n) is 4.25. The molecule has 1 aromatic carbocycles. The zero-order valence-corrected chi connectivity index (χ0v) is 21.2. The summed E-state index contributed by atoms with van der Waals surface area (Å²) in [6, 6.07) is 5.32. The first-order valence-corrected chi connectivity index (χ1v) is 12.4. The van der Waals surface area contributed by atoms with Crippen LogP contribution < -0.4 is 15.4 Å². The van der Waals surface area contributed by atoms with Gasteiger partial charge in [0.1, 0.15) is 11.3 Å². The van der Waals surface area contributed by atoms with E-state index < -0.39 is 5.82 Å². The van der Waals surface area contributed by atoms with Crippen LogP contribution >= 0.6 is 11.6 Å². The summed E-state index contributed by atoms with van der Waals surface area (Å²) in [6.45, 7) is 9.93. The van der Waals surface area contributed by atoms with Crippen LogP contribution in [0.25, 0.3) is 22.6 Å². The number of aromatic amines is 1. The Morgan fingerprint density at radius 1 is 1.29 bits per heavy atom. The molecule has 10 heteroatoms. The molecule has 4 rings (SSSR count). The largest absolute Gasteiger partial charge is 0.481 e. The van der Waals surface area contributed by atoms with Crippen LogP contribution in [0.3, 0.4) is 0 Å². The smallest absolute Gasteiger partial charge is 0.258 e. The highest BCUT2D eigenvalue weighted by molar-refractivity contribution is 6.34. The lowest BCUT2D eigenvalue weighted by Gasteiger charge is -2.35. The molecule has 1 amide bonds. The van der Waals surface area contributed by atoms with Crippen LogP contribution in [-0.4, -0.2) is 63.6 Å². The number of nitrogens with zero attached hydrogens (tertiary/aromatic N) is 3. The van der Waals surface area contributed by atoms with E-state index >= 15 is 0 Å². The molecule has 1 saturated heterocycles. The van der Waals surface area contributed by atoms with E-state index in [-0.39, 0.29) is 24.3 Å². The molecule has 1 aliphatic heterocycles. The van der Waals surface area contributed by atoms with E-state index in [9.17, 15) is 9.18 Å². The van der Waals surface area contributed by atoms with Gasteiger partial charge in [0.15, 0.2) is 23.8 Å². The summed E-state index contributed by atoms with van der Waals surface area (Å²) in [4.78, 5) is 26.4. The summed E-state index contributed by atoms with van der Waals surface area (Å²) in [6.07, 6.45) is 3.61. The number of carbonyl (C=O) groups excluding carboxylic acids is 1. The van der Waals surface area contributed by atoms with Gasteiger partial charge in [-0.15, -0.1) is 0 Å². The maximum absolute atomic E-state index is 14.7. The SMILES string of the molecule is CC(C)NC(=O)COc1ccc(-c2nc3ncc(Cl)c(NC4CCN(C(C)C)CC4)c3[nH]2)cc1F. The Morgan fingerprint density at radius 3 is 2.69 bits per heavy atom. The number of aromatic nitrogens is 3. The predicted molar refractivity (Wildman–Crippen MR) is 136 cm³/mol. The van der Waals surface area contributed by atoms with Crippen LogP contribution in [0.2, 0.25) is 5.02 Å². The van der Waals surface area contributed by atoms with Crippen molar-refractivity contribution in [2.75, 3.05) is 25.0 Å². The third kappa shape index (κ3) is 6.02. The molecule has 1 aliphatic rings. The molecule has 0 radical (unpaired) electrons. The number of benzene rings is 1. The van der Waals surface area contributed by atoms with Crippen molar-refractivity contribution in [1.82, 2.24) is 25.2 Å². The number of carbonyl (C=O) groups is 1. The van der Waals surface area contributed by atoms with E-state index in [4.69, 9.17) is 16.3 Å². The van der Waals surface area contributed by atoms with Crippen LogP contribution in [0, 0.1) is 5.82 Å². The molecule has 0 atom stereocenters. The first-order valence-electron chi connectivity index (χ1n) is 12.0. The highest BCUT2D eigenvalue weighted by Gasteiger charge is 2.23. The van der Waals surface area contributed by atoms with Crippen LogP contribution in [0.4, 0.5) is 10.1 Å². The number of ether oxygens (including phenoxy) is 1. The van der Waals surface area contributed by atoms with E-state index in [2.05, 4.69) is 44.3 Å². The monoisotopic (exact) mass is 502 g/mol. The second-order valence-corrected chi connectivity index (χ2v) is 9.88. The van der Waals surface area contributed by atoms with E-state index in [1.807, 2.05) is 13.8 Å². The highest BCUT2D eigenvalue weighted by atomic mass is 35.5. The van der Waals surface area contributed by atoms with Crippen molar-refractivity contribution < 1.29 is 13.9 Å². The Balaban J connectivity index is 1.51. The van der Waals surface area contributed by atoms with Gasteiger partial charge in [-0.2, -0.15) is 0 Å². The molecular weight excluding hydrogens is 471 g/mol. The zero-order valence-electron chi connectivity index (χ0n) is 20.5. The van der Waals surface area contributed by atoms with Crippen molar-refractivity contribution in [2.24, 2.45) is 0 Å². The van der Waals surface area contributed by atoms with E-state index in [1.165, 1.54) is 12.1 Å². The normalized spacial score (nSPS) is 15.2. The fourth-order valence-corrected chi connectivity index (χ4v) is 4.45. The number of fused-ring (bicyclic) bond motifs is 1. The number of rotatable bonds is 8. The summed E-state index contributed by atoms with van der Waals surface area (Å²) in [5, 5.41) is 6.79. The van der Waals surface area contributed by atoms with Crippen molar-refractivity contribution in [3.8, 4) is 17.1 Å². The number of halogens is 2. The Morgan fingerprint density at radius 2 is 2.03 bits per heavy atom. The van der Waals surface area contributed by atoms with Crippen LogP contribution in [-0.2, 0) is 4.79 Å². The second-order valence-electron chi connectivity index (χ2n) is 9.47. The van der Waals surface area contributed by atoms with Crippen molar-refractivity contribution in [3.63, 3.8) is 0 Å². The van der Waals surface area contributed by atoms with Gasteiger partial charge in [-0.3, -0.25) is 4.79 Å². The van der Waals surface area contributed by atoms with Crippen LogP contribution in [0.5, 0.6) is 5.75 Å². The number of hydrogen-bond acceptors (Lipinski definition) is 6. The van der Waals surface area contributed by atoms with Gasteiger partial charge in [-0.05, 0) is 58.7 Å². The van der Waals surface area contributed by atoms with Crippen LogP contribution in [0.1, 0.15) is 40.5 Å². The molecule has 3 N–H and O–H groups in total. The third-order valence-electron chi connectivity index (χ3n) is 6.10. The Hall–Kier alpha value is -2.91. The molecule has 35 heavy (non-hydrogen) atoms. The van der Waals surface area contributed by atoms with E-state index in [0.29, 0.717) is 39.7 Å². The minimum atomic E-state index is -0.582. The molecule has 0 spiro atoms. The molecule has 188 valence electrons. The summed E-state index contributed by atoms with van der Waals surface area (Å²) < 4.78 is 20.0. The minimum absolute atomic E-state index is 0.0000299. The number of hydrogen-bond donors (Lipinski definition) is 3. The van der Waals surface area contributed by atoms with Gasteiger partial charge in [0, 0.05) is 36.8 Å². The lowest BCUT2D eigenvalue weighted by atomic mass is 10.0. The molecular formula is C25H32ClFN6O2. The zero-order chi connectivity index (χ0) is 25.1. The standard InChI is InChI=1S/C25H32ClFN6O2/c1-14(2)29-21(34)13-35-20-6-5-16(11-19(20)27)24-31-23-22(18(26)12-28-25(23)32-24)30-17-7-9-33(10-8-17)15(3)4/h5-6,11-12,14-15,17H,7-10,13H2,1-4H3,(H,29,34)(H2,28,30,31,32). The number of likely N-dealkylation sites (tertiary alicyclic amines) is 1. The summed E-state index contributed by atoms with van der Waals surface area (Å²) >= 11 is 6.50. The second kappa shape index (κ2) is 10.8. The molecule has 0 unspecified atom stereocenters. The maximum Gasteiger partial charge on any atom is 0.258 e. The average Bonchev–Trinajstić information content (AvgIpc) is 3.25. The van der Waals surface area contributed by atoms with E-state index in [1.54, 1.807) is 12.3 Å². The van der Waals surface area contributed by atoms with Crippen molar-refractivity contribution in [2.45, 2.75) is 58.7 Å². The number of amides is 1. The summed E-state index contributed by atoms with van der Waals surface area (Å²) in [7, 11) is 0. The molecule has 8 nitrogen and oxygen atoms in total. The van der Waals surface area contributed by atoms with Gasteiger partial charge < -0.3 is 25.3 Å². The number of H-pyrrole nitrogens is 1. The lowest BCUT2D eigenvalue weighted by molar-refractivity contribution is -0.123. The molecule has 0 bridgehead atoms. The number of pyridine rings is 1. The van der Waals surface area contributed by atoms with Gasteiger partial charge in [0.2, 0.25) is 0 Å². The van der Waals surface area contributed by atoms with E-state index in [0.717, 1.165) is 31.6 Å². The Bertz CT molecular complexity index is 1190. The number of piperidine rings is 1. The average molecular weight is 503 g/mol. The van der Waals surface area contributed by atoms with Gasteiger partial charge in [0.25, 0.3) is 5.91 Å². The first-order chi connectivity index (χ1) is 16.7. The summed E-state index contributed by atoms with van der Waals surface area (Å²) in [5.41, 5.74) is 2.48. The minimum Gasteiger partial charge on any atom is -0.481 e. The third-order valence-corrected chi connectivity index (χ3v) is 6.38. The van der Waals surface area contributed by atoms with Gasteiger partial charge in [-0.25, -0.2) is 14.4 Å². The highest BCUT2D eigenvalue weighted by Crippen LogP contribution is 2.33. The number of anilines is 1. The maximum atomic E-state index is 14.7. The van der Waals surface area contributed by atoms with Gasteiger partial charge in [-0.1, -0.05) is 11.6 Å². The lowest BCUT2D eigenvalue weighted by Crippen LogP contribution is -2.42. The van der Waals surface area contributed by atoms with Crippen molar-refractivity contribution in [3.05, 3.63) is 35.2 Å². The molecule has 3 heterocycles. The summed E-state index contributed by atoms with van der Waals surface area (Å²) in [5.74, 6) is -0.421. The molecule has 1 fully saturated rings. The van der Waals surface area contributed by atoms with Crippen molar-refractivity contribution >= 4 is 34.4 Å². The number of imidazole rings is 1. The van der Waals surface area contributed by atoms with Gasteiger partial charge >= 0.3 is 0 Å². The topological polar surface area (TPSA) is 95.2 Å². The molecule has 0 saturated carbocycles. The first kappa shape index (κ1) is 25.2. The van der Waals surface area contributed by atoms with Crippen LogP contribution in [0.15, 0.2) is 24.4 Å². The predicted octanol–water partition coefficient (Wildman–Crippen LogP) is 4.61. The number of nitrogens with one attached hydrogen (secondary N) is 3. The van der Waals surface area contributed by atoms with Gasteiger partial charge in [0.05, 0.1) is 16.9 Å².